The molecule has 0 fully saturated rings. The minimum absolute atomic E-state index is 0.144. The molecule has 0 aliphatic heterocycles. The second-order valence-corrected chi connectivity index (χ2v) is 7.29. The number of nitrogen functional groups attached to an aromatic ring is 1. The molecule has 4 nitrogen and oxygen atoms in total. The van der Waals surface area contributed by atoms with Crippen molar-refractivity contribution < 1.29 is 12.8 Å². The second kappa shape index (κ2) is 5.82. The normalized spacial score (nSPS) is 11.4. The molecule has 0 heterocycles. The van der Waals surface area contributed by atoms with E-state index in [1.807, 2.05) is 0 Å². The molecule has 0 radical (unpaired) electrons. The maximum absolute atomic E-state index is 13.8. The quantitative estimate of drug-likeness (QED) is 0.776. The average molecular weight is 394 g/mol. The molecule has 0 aliphatic carbocycles. The summed E-state index contributed by atoms with van der Waals surface area (Å²) in [5.41, 5.74) is 6.55. The zero-order valence-corrected chi connectivity index (χ0v) is 14.0. The molecular weight excluding hydrogens is 383 g/mol. The Hall–Kier alpha value is -1.31. The molecule has 0 aliphatic rings. The highest BCUT2D eigenvalue weighted by molar-refractivity contribution is 9.10. The maximum atomic E-state index is 13.8. The Bertz CT molecular complexity index is 812. The summed E-state index contributed by atoms with van der Waals surface area (Å²) in [6, 6.07) is 6.49. The van der Waals surface area contributed by atoms with Gasteiger partial charge in [0.05, 0.1) is 5.69 Å². The molecule has 0 spiro atoms. The molecule has 0 saturated heterocycles. The summed E-state index contributed by atoms with van der Waals surface area (Å²) in [7, 11) is -4.08. The Labute approximate surface area is 135 Å². The van der Waals surface area contributed by atoms with E-state index in [9.17, 15) is 12.8 Å². The minimum atomic E-state index is -4.08. The summed E-state index contributed by atoms with van der Waals surface area (Å²) in [6.45, 7) is 1.78. The van der Waals surface area contributed by atoms with Crippen molar-refractivity contribution >= 4 is 48.9 Å². The van der Waals surface area contributed by atoms with E-state index in [2.05, 4.69) is 20.7 Å². The average Bonchev–Trinajstić information content (AvgIpc) is 2.35. The van der Waals surface area contributed by atoms with Crippen LogP contribution in [-0.4, -0.2) is 8.42 Å². The minimum Gasteiger partial charge on any atom is -0.399 e. The van der Waals surface area contributed by atoms with Crippen LogP contribution in [0, 0.1) is 12.7 Å². The zero-order chi connectivity index (χ0) is 15.8. The summed E-state index contributed by atoms with van der Waals surface area (Å²) >= 11 is 9.20. The zero-order valence-electron chi connectivity index (χ0n) is 10.8. The Morgan fingerprint density at radius 3 is 2.57 bits per heavy atom. The third-order valence-corrected chi connectivity index (χ3v) is 5.20. The van der Waals surface area contributed by atoms with E-state index in [1.54, 1.807) is 13.0 Å². The van der Waals surface area contributed by atoms with Crippen LogP contribution in [0.25, 0.3) is 0 Å². The van der Waals surface area contributed by atoms with Gasteiger partial charge in [-0.05, 0) is 58.7 Å². The molecule has 112 valence electrons. The molecule has 2 aromatic carbocycles. The molecule has 0 amide bonds. The predicted octanol–water partition coefficient (Wildman–Crippen LogP) is 3.93. The van der Waals surface area contributed by atoms with Crippen molar-refractivity contribution in [2.45, 2.75) is 11.8 Å². The van der Waals surface area contributed by atoms with Crippen molar-refractivity contribution in [3.8, 4) is 0 Å². The van der Waals surface area contributed by atoms with Gasteiger partial charge in [-0.2, -0.15) is 0 Å². The largest absolute Gasteiger partial charge is 0.399 e. The number of rotatable bonds is 3. The number of anilines is 2. The lowest BCUT2D eigenvalue weighted by molar-refractivity contribution is 0.571. The molecular formula is C13H11BrClFN2O2S. The van der Waals surface area contributed by atoms with Crippen LogP contribution in [0.3, 0.4) is 0 Å². The number of sulfonamides is 1. The highest BCUT2D eigenvalue weighted by Crippen LogP contribution is 2.31. The Kier molecular flexibility index (Phi) is 4.46. The SMILES string of the molecule is Cc1cc(Br)c(NS(=O)(=O)c2ccc(N)cc2F)cc1Cl. The van der Waals surface area contributed by atoms with Crippen LogP contribution in [0.4, 0.5) is 15.8 Å². The molecule has 0 aromatic heterocycles. The van der Waals surface area contributed by atoms with E-state index in [0.29, 0.717) is 9.50 Å². The van der Waals surface area contributed by atoms with Crippen LogP contribution in [0.5, 0.6) is 0 Å². The molecule has 3 N–H and O–H groups in total. The van der Waals surface area contributed by atoms with Crippen LogP contribution in [0.1, 0.15) is 5.56 Å². The summed E-state index contributed by atoms with van der Waals surface area (Å²) in [5, 5.41) is 0.397. The van der Waals surface area contributed by atoms with Crippen molar-refractivity contribution in [1.82, 2.24) is 0 Å². The topological polar surface area (TPSA) is 72.2 Å². The van der Waals surface area contributed by atoms with Crippen molar-refractivity contribution in [1.29, 1.82) is 0 Å². The van der Waals surface area contributed by atoms with E-state index >= 15 is 0 Å². The third kappa shape index (κ3) is 3.48. The van der Waals surface area contributed by atoms with Gasteiger partial charge < -0.3 is 5.73 Å². The molecule has 2 rings (SSSR count). The van der Waals surface area contributed by atoms with Gasteiger partial charge in [-0.1, -0.05) is 11.6 Å². The number of aryl methyl sites for hydroxylation is 1. The van der Waals surface area contributed by atoms with Crippen molar-refractivity contribution in [3.63, 3.8) is 0 Å². The van der Waals surface area contributed by atoms with E-state index < -0.39 is 20.7 Å². The first-order chi connectivity index (χ1) is 9.70. The fourth-order valence-electron chi connectivity index (χ4n) is 1.66. The standard InChI is InChI=1S/C13H11BrClFN2O2S/c1-7-4-9(14)12(6-10(7)15)18-21(19,20)13-3-2-8(17)5-11(13)16/h2-6,18H,17H2,1H3. The van der Waals surface area contributed by atoms with Gasteiger partial charge in [0, 0.05) is 15.2 Å². The number of nitrogens with two attached hydrogens (primary N) is 1. The molecule has 2 aromatic rings. The van der Waals surface area contributed by atoms with E-state index in [1.165, 1.54) is 12.1 Å². The molecule has 0 bridgehead atoms. The lowest BCUT2D eigenvalue weighted by atomic mass is 10.2. The van der Waals surface area contributed by atoms with Crippen molar-refractivity contribution in [2.75, 3.05) is 10.5 Å². The van der Waals surface area contributed by atoms with E-state index in [0.717, 1.165) is 17.7 Å². The van der Waals surface area contributed by atoms with Crippen LogP contribution in [-0.2, 0) is 10.0 Å². The fourth-order valence-corrected chi connectivity index (χ4v) is 3.64. The number of nitrogens with one attached hydrogen (secondary N) is 1. The summed E-state index contributed by atoms with van der Waals surface area (Å²) in [6.07, 6.45) is 0. The van der Waals surface area contributed by atoms with Crippen LogP contribution >= 0.6 is 27.5 Å². The van der Waals surface area contributed by atoms with Gasteiger partial charge in [0.1, 0.15) is 10.7 Å². The second-order valence-electron chi connectivity index (χ2n) is 4.38. The first-order valence-electron chi connectivity index (χ1n) is 5.74. The molecule has 0 saturated carbocycles. The predicted molar refractivity (Wildman–Crippen MR) is 85.5 cm³/mol. The van der Waals surface area contributed by atoms with Gasteiger partial charge in [-0.25, -0.2) is 12.8 Å². The maximum Gasteiger partial charge on any atom is 0.264 e. The number of hydrogen-bond acceptors (Lipinski definition) is 3. The Balaban J connectivity index is 2.45. The fraction of sp³-hybridized carbons (Fsp3) is 0.0769. The monoisotopic (exact) mass is 392 g/mol. The smallest absolute Gasteiger partial charge is 0.264 e. The van der Waals surface area contributed by atoms with Crippen LogP contribution < -0.4 is 10.5 Å². The molecule has 0 atom stereocenters. The van der Waals surface area contributed by atoms with E-state index in [-0.39, 0.29) is 11.4 Å². The van der Waals surface area contributed by atoms with Crippen LogP contribution in [0.2, 0.25) is 5.02 Å². The summed E-state index contributed by atoms with van der Waals surface area (Å²) < 4.78 is 41.0. The lowest BCUT2D eigenvalue weighted by Crippen LogP contribution is -2.15. The van der Waals surface area contributed by atoms with Gasteiger partial charge in [0.15, 0.2) is 0 Å². The summed E-state index contributed by atoms with van der Waals surface area (Å²) in [5.74, 6) is -0.920. The number of benzene rings is 2. The first kappa shape index (κ1) is 16.1. The van der Waals surface area contributed by atoms with Crippen molar-refractivity contribution in [3.05, 3.63) is 51.2 Å². The highest BCUT2D eigenvalue weighted by atomic mass is 79.9. The van der Waals surface area contributed by atoms with Crippen LogP contribution in [0.15, 0.2) is 39.7 Å². The Morgan fingerprint density at radius 2 is 1.95 bits per heavy atom. The Morgan fingerprint density at radius 1 is 1.29 bits per heavy atom. The molecule has 0 unspecified atom stereocenters. The third-order valence-electron chi connectivity index (χ3n) is 2.74. The summed E-state index contributed by atoms with van der Waals surface area (Å²) in [4.78, 5) is -0.486. The molecule has 21 heavy (non-hydrogen) atoms. The van der Waals surface area contributed by atoms with Gasteiger partial charge in [-0.3, -0.25) is 4.72 Å². The first-order valence-corrected chi connectivity index (χ1v) is 8.39. The van der Waals surface area contributed by atoms with Gasteiger partial charge in [-0.15, -0.1) is 0 Å². The highest BCUT2D eigenvalue weighted by Gasteiger charge is 2.20. The molecule has 8 heteroatoms. The van der Waals surface area contributed by atoms with Crippen molar-refractivity contribution in [2.24, 2.45) is 0 Å². The number of hydrogen-bond donors (Lipinski definition) is 2. The lowest BCUT2D eigenvalue weighted by Gasteiger charge is -2.12. The van der Waals surface area contributed by atoms with E-state index in [4.69, 9.17) is 17.3 Å². The number of halogens is 3. The van der Waals surface area contributed by atoms with Gasteiger partial charge in [0.2, 0.25) is 0 Å². The van der Waals surface area contributed by atoms with Gasteiger partial charge >= 0.3 is 0 Å². The van der Waals surface area contributed by atoms with Gasteiger partial charge in [0.25, 0.3) is 10.0 Å².